The zero-order valence-electron chi connectivity index (χ0n) is 15.0. The minimum atomic E-state index is 0. The normalized spacial score (nSPS) is 11.1. The van der Waals surface area contributed by atoms with Crippen molar-refractivity contribution in [2.24, 2.45) is 4.99 Å². The maximum absolute atomic E-state index is 5.82. The zero-order chi connectivity index (χ0) is 17.5. The predicted molar refractivity (Wildman–Crippen MR) is 117 cm³/mol. The first-order valence-corrected chi connectivity index (χ1v) is 8.33. The molecule has 6 heteroatoms. The van der Waals surface area contributed by atoms with Crippen LogP contribution in [0.2, 0.25) is 0 Å². The minimum Gasteiger partial charge on any atom is -0.497 e. The third-order valence-electron chi connectivity index (χ3n) is 3.96. The molecule has 26 heavy (non-hydrogen) atoms. The van der Waals surface area contributed by atoms with Crippen LogP contribution in [-0.4, -0.2) is 26.7 Å². The van der Waals surface area contributed by atoms with E-state index in [-0.39, 0.29) is 24.0 Å². The average Bonchev–Trinajstić information content (AvgIpc) is 3.07. The monoisotopic (exact) mass is 465 g/mol. The molecule has 3 aromatic rings. The van der Waals surface area contributed by atoms with E-state index in [1.54, 1.807) is 14.2 Å². The quantitative estimate of drug-likeness (QED) is 0.329. The Hall–Kier alpha value is -2.22. The van der Waals surface area contributed by atoms with Crippen LogP contribution in [0.4, 0.5) is 0 Å². The number of nitrogens with zero attached hydrogens (tertiary/aromatic N) is 1. The van der Waals surface area contributed by atoms with Crippen LogP contribution in [-0.2, 0) is 13.0 Å². The standard InChI is InChI=1S/C20H23N3O2.HI/c1-21-20(23-14-15-6-5-8-17(12-15)24-2)22-11-10-18-13-16-7-3-4-9-19(16)25-18;/h3-9,12-13H,10-11,14H2,1-2H3,(H2,21,22,23);1H. The summed E-state index contributed by atoms with van der Waals surface area (Å²) in [5.41, 5.74) is 2.07. The third kappa shape index (κ3) is 5.39. The van der Waals surface area contributed by atoms with E-state index >= 15 is 0 Å². The van der Waals surface area contributed by atoms with Crippen molar-refractivity contribution in [3.05, 3.63) is 65.9 Å². The number of hydrogen-bond donors (Lipinski definition) is 2. The van der Waals surface area contributed by atoms with E-state index in [1.807, 2.05) is 36.4 Å². The maximum atomic E-state index is 5.82. The predicted octanol–water partition coefficient (Wildman–Crippen LogP) is 3.97. The number of ether oxygens (including phenoxy) is 1. The summed E-state index contributed by atoms with van der Waals surface area (Å²) in [7, 11) is 3.44. The van der Waals surface area contributed by atoms with Gasteiger partial charge in [-0.15, -0.1) is 24.0 Å². The summed E-state index contributed by atoms with van der Waals surface area (Å²) >= 11 is 0. The van der Waals surface area contributed by atoms with Crippen molar-refractivity contribution in [1.29, 1.82) is 0 Å². The largest absolute Gasteiger partial charge is 0.497 e. The van der Waals surface area contributed by atoms with Gasteiger partial charge in [0.2, 0.25) is 0 Å². The first-order chi connectivity index (χ1) is 12.3. The third-order valence-corrected chi connectivity index (χ3v) is 3.96. The van der Waals surface area contributed by atoms with E-state index in [0.29, 0.717) is 6.54 Å². The Morgan fingerprint density at radius 1 is 1.08 bits per heavy atom. The molecule has 0 amide bonds. The van der Waals surface area contributed by atoms with E-state index in [0.717, 1.165) is 47.0 Å². The second-order valence-electron chi connectivity index (χ2n) is 5.70. The summed E-state index contributed by atoms with van der Waals surface area (Å²) in [5, 5.41) is 7.75. The van der Waals surface area contributed by atoms with E-state index in [1.165, 1.54) is 0 Å². The Morgan fingerprint density at radius 2 is 1.92 bits per heavy atom. The van der Waals surface area contributed by atoms with Crippen LogP contribution >= 0.6 is 24.0 Å². The van der Waals surface area contributed by atoms with Gasteiger partial charge in [-0.3, -0.25) is 4.99 Å². The van der Waals surface area contributed by atoms with E-state index < -0.39 is 0 Å². The molecule has 2 aromatic carbocycles. The van der Waals surface area contributed by atoms with Gasteiger partial charge in [0.1, 0.15) is 17.1 Å². The van der Waals surface area contributed by atoms with Crippen molar-refractivity contribution in [2.45, 2.75) is 13.0 Å². The Labute approximate surface area is 170 Å². The number of nitrogens with one attached hydrogen (secondary N) is 2. The number of benzene rings is 2. The van der Waals surface area contributed by atoms with Gasteiger partial charge in [0.15, 0.2) is 5.96 Å². The van der Waals surface area contributed by atoms with Gasteiger partial charge in [-0.2, -0.15) is 0 Å². The number of furan rings is 1. The van der Waals surface area contributed by atoms with Crippen molar-refractivity contribution in [3.8, 4) is 5.75 Å². The van der Waals surface area contributed by atoms with Crippen molar-refractivity contribution < 1.29 is 9.15 Å². The lowest BCUT2D eigenvalue weighted by atomic mass is 10.2. The van der Waals surface area contributed by atoms with Crippen molar-refractivity contribution in [2.75, 3.05) is 20.7 Å². The molecule has 3 rings (SSSR count). The number of halogens is 1. The summed E-state index contributed by atoms with van der Waals surface area (Å²) in [6.45, 7) is 1.43. The van der Waals surface area contributed by atoms with Gasteiger partial charge in [-0.05, 0) is 29.8 Å². The summed E-state index contributed by atoms with van der Waals surface area (Å²) in [6, 6.07) is 18.1. The fourth-order valence-electron chi connectivity index (χ4n) is 2.65. The summed E-state index contributed by atoms with van der Waals surface area (Å²) < 4.78 is 11.1. The number of fused-ring (bicyclic) bond motifs is 1. The molecule has 0 bridgehead atoms. The first kappa shape index (κ1) is 20.1. The number of hydrogen-bond acceptors (Lipinski definition) is 3. The highest BCUT2D eigenvalue weighted by Gasteiger charge is 2.04. The van der Waals surface area contributed by atoms with Crippen LogP contribution in [0.3, 0.4) is 0 Å². The van der Waals surface area contributed by atoms with Crippen LogP contribution in [0.5, 0.6) is 5.75 Å². The lowest BCUT2D eigenvalue weighted by molar-refractivity contribution is 0.414. The molecule has 1 heterocycles. The van der Waals surface area contributed by atoms with Gasteiger partial charge in [0, 0.05) is 31.9 Å². The number of para-hydroxylation sites is 1. The molecule has 0 aliphatic heterocycles. The molecule has 0 unspecified atom stereocenters. The lowest BCUT2D eigenvalue weighted by Gasteiger charge is -2.12. The molecular weight excluding hydrogens is 441 g/mol. The molecule has 0 atom stereocenters. The highest BCUT2D eigenvalue weighted by Crippen LogP contribution is 2.18. The Kier molecular flexibility index (Phi) is 7.77. The van der Waals surface area contributed by atoms with Crippen LogP contribution in [0.1, 0.15) is 11.3 Å². The molecule has 0 fully saturated rings. The molecule has 138 valence electrons. The van der Waals surface area contributed by atoms with Gasteiger partial charge in [0.05, 0.1) is 7.11 Å². The maximum Gasteiger partial charge on any atom is 0.191 e. The second-order valence-corrected chi connectivity index (χ2v) is 5.70. The van der Waals surface area contributed by atoms with Crippen molar-refractivity contribution in [1.82, 2.24) is 10.6 Å². The lowest BCUT2D eigenvalue weighted by Crippen LogP contribution is -2.37. The van der Waals surface area contributed by atoms with Crippen LogP contribution in [0, 0.1) is 0 Å². The van der Waals surface area contributed by atoms with E-state index in [4.69, 9.17) is 9.15 Å². The number of methoxy groups -OCH3 is 1. The highest BCUT2D eigenvalue weighted by molar-refractivity contribution is 14.0. The molecular formula is C20H24IN3O2. The highest BCUT2D eigenvalue weighted by atomic mass is 127. The van der Waals surface area contributed by atoms with Crippen molar-refractivity contribution in [3.63, 3.8) is 0 Å². The Balaban J connectivity index is 0.00000243. The second kappa shape index (κ2) is 10.1. The molecule has 0 spiro atoms. The summed E-state index contributed by atoms with van der Waals surface area (Å²) in [6.07, 6.45) is 0.800. The van der Waals surface area contributed by atoms with Crippen LogP contribution in [0.25, 0.3) is 11.0 Å². The zero-order valence-corrected chi connectivity index (χ0v) is 17.3. The van der Waals surface area contributed by atoms with Gasteiger partial charge >= 0.3 is 0 Å². The average molecular weight is 465 g/mol. The molecule has 0 radical (unpaired) electrons. The van der Waals surface area contributed by atoms with E-state index in [9.17, 15) is 0 Å². The number of aliphatic imine (C=N–C) groups is 1. The number of rotatable bonds is 6. The molecule has 0 aliphatic carbocycles. The van der Waals surface area contributed by atoms with E-state index in [2.05, 4.69) is 33.8 Å². The Bertz CT molecular complexity index is 828. The van der Waals surface area contributed by atoms with Gasteiger partial charge < -0.3 is 19.8 Å². The molecule has 0 saturated heterocycles. The van der Waals surface area contributed by atoms with Crippen molar-refractivity contribution >= 4 is 40.9 Å². The first-order valence-electron chi connectivity index (χ1n) is 8.33. The molecule has 5 nitrogen and oxygen atoms in total. The molecule has 1 aromatic heterocycles. The molecule has 2 N–H and O–H groups in total. The topological polar surface area (TPSA) is 58.8 Å². The minimum absolute atomic E-state index is 0. The smallest absolute Gasteiger partial charge is 0.191 e. The van der Waals surface area contributed by atoms with Gasteiger partial charge in [-0.1, -0.05) is 30.3 Å². The molecule has 0 saturated carbocycles. The van der Waals surface area contributed by atoms with Crippen LogP contribution < -0.4 is 15.4 Å². The SMILES string of the molecule is CN=C(NCCc1cc2ccccc2o1)NCc1cccc(OC)c1.I. The van der Waals surface area contributed by atoms with Gasteiger partial charge in [0.25, 0.3) is 0 Å². The fraction of sp³-hybridized carbons (Fsp3) is 0.250. The summed E-state index contributed by atoms with van der Waals surface area (Å²) in [5.74, 6) is 2.59. The Morgan fingerprint density at radius 3 is 2.69 bits per heavy atom. The van der Waals surface area contributed by atoms with Gasteiger partial charge in [-0.25, -0.2) is 0 Å². The summed E-state index contributed by atoms with van der Waals surface area (Å²) in [4.78, 5) is 4.25. The fourth-order valence-corrected chi connectivity index (χ4v) is 2.65. The number of guanidine groups is 1. The molecule has 0 aliphatic rings. The van der Waals surface area contributed by atoms with Crippen LogP contribution in [0.15, 0.2) is 64.0 Å².